The summed E-state index contributed by atoms with van der Waals surface area (Å²) in [5.41, 5.74) is 10.9. The summed E-state index contributed by atoms with van der Waals surface area (Å²) in [6.45, 7) is 5.79. The second kappa shape index (κ2) is 7.65. The molecule has 2 heterocycles. The Bertz CT molecular complexity index is 691. The molecule has 0 aliphatic carbocycles. The lowest BCUT2D eigenvalue weighted by Gasteiger charge is -2.31. The van der Waals surface area contributed by atoms with Crippen LogP contribution in [0.15, 0.2) is 28.9 Å². The Labute approximate surface area is 141 Å². The van der Waals surface area contributed by atoms with Crippen molar-refractivity contribution in [2.24, 2.45) is 5.84 Å². The Balaban J connectivity index is 1.49. The Morgan fingerprint density at radius 3 is 2.92 bits per heavy atom. The summed E-state index contributed by atoms with van der Waals surface area (Å²) in [5, 5.41) is 1.26. The molecule has 2 amide bonds. The molecule has 1 saturated heterocycles. The third-order valence-electron chi connectivity index (χ3n) is 4.67. The minimum absolute atomic E-state index is 0.434. The van der Waals surface area contributed by atoms with Crippen molar-refractivity contribution in [1.82, 2.24) is 21.2 Å². The van der Waals surface area contributed by atoms with Gasteiger partial charge < -0.3 is 9.32 Å². The molecule has 7 nitrogen and oxygen atoms in total. The number of aryl methyl sites for hydroxylation is 1. The third kappa shape index (κ3) is 3.87. The number of urea groups is 1. The van der Waals surface area contributed by atoms with Crippen LogP contribution < -0.4 is 22.1 Å². The Kier molecular flexibility index (Phi) is 5.34. The van der Waals surface area contributed by atoms with Crippen molar-refractivity contribution in [2.45, 2.75) is 25.7 Å². The molecule has 2 aromatic rings. The van der Waals surface area contributed by atoms with Crippen molar-refractivity contribution >= 4 is 17.0 Å². The lowest BCUT2D eigenvalue weighted by molar-refractivity contribution is 0.207. The van der Waals surface area contributed by atoms with Crippen molar-refractivity contribution < 1.29 is 9.21 Å². The molecule has 7 heteroatoms. The normalized spacial score (nSPS) is 16.4. The van der Waals surface area contributed by atoms with Gasteiger partial charge in [-0.1, -0.05) is 11.6 Å². The summed E-state index contributed by atoms with van der Waals surface area (Å²) in [4.78, 5) is 13.3. The van der Waals surface area contributed by atoms with Gasteiger partial charge in [0.1, 0.15) is 5.58 Å². The second-order valence-corrected chi connectivity index (χ2v) is 6.33. The van der Waals surface area contributed by atoms with Crippen LogP contribution in [0.5, 0.6) is 0 Å². The highest BCUT2D eigenvalue weighted by Crippen LogP contribution is 2.34. The van der Waals surface area contributed by atoms with Crippen molar-refractivity contribution in [3.63, 3.8) is 0 Å². The maximum absolute atomic E-state index is 10.9. The van der Waals surface area contributed by atoms with Gasteiger partial charge in [0.05, 0.1) is 6.26 Å². The molecule has 3 rings (SSSR count). The number of hydrogen-bond donors (Lipinski definition) is 4. The molecule has 0 bridgehead atoms. The maximum Gasteiger partial charge on any atom is 0.343 e. The number of hydrazine groups is 2. The van der Waals surface area contributed by atoms with Crippen LogP contribution in [0, 0.1) is 6.92 Å². The molecule has 1 aromatic carbocycles. The van der Waals surface area contributed by atoms with Gasteiger partial charge in [0, 0.05) is 24.0 Å². The first-order chi connectivity index (χ1) is 11.7. The highest BCUT2D eigenvalue weighted by atomic mass is 16.3. The fraction of sp³-hybridized carbons (Fsp3) is 0.471. The summed E-state index contributed by atoms with van der Waals surface area (Å²) < 4.78 is 5.72. The molecule has 1 aliphatic heterocycles. The van der Waals surface area contributed by atoms with Gasteiger partial charge >= 0.3 is 6.03 Å². The number of hydrogen-bond acceptors (Lipinski definition) is 5. The molecule has 130 valence electrons. The first-order valence-electron chi connectivity index (χ1n) is 8.37. The van der Waals surface area contributed by atoms with Gasteiger partial charge in [-0.15, -0.1) is 0 Å². The molecule has 1 fully saturated rings. The van der Waals surface area contributed by atoms with Crippen molar-refractivity contribution in [2.75, 3.05) is 26.2 Å². The lowest BCUT2D eigenvalue weighted by Crippen LogP contribution is -2.49. The van der Waals surface area contributed by atoms with Gasteiger partial charge in [0.25, 0.3) is 0 Å². The van der Waals surface area contributed by atoms with Crippen molar-refractivity contribution in [3.05, 3.63) is 35.6 Å². The van der Waals surface area contributed by atoms with Crippen LogP contribution in [0.1, 0.15) is 29.9 Å². The summed E-state index contributed by atoms with van der Waals surface area (Å²) >= 11 is 0. The topological polar surface area (TPSA) is 95.6 Å². The van der Waals surface area contributed by atoms with E-state index < -0.39 is 6.03 Å². The number of fused-ring (bicyclic) bond motifs is 1. The van der Waals surface area contributed by atoms with Crippen LogP contribution in [-0.4, -0.2) is 37.1 Å². The fourth-order valence-corrected chi connectivity index (χ4v) is 3.34. The summed E-state index contributed by atoms with van der Waals surface area (Å²) in [6.07, 6.45) is 4.18. The van der Waals surface area contributed by atoms with Gasteiger partial charge in [-0.3, -0.25) is 10.9 Å². The molecule has 24 heavy (non-hydrogen) atoms. The number of amides is 2. The zero-order chi connectivity index (χ0) is 16.9. The molecule has 5 N–H and O–H groups in total. The molecular weight excluding hydrogens is 306 g/mol. The molecule has 0 radical (unpaired) electrons. The minimum Gasteiger partial charge on any atom is -0.464 e. The van der Waals surface area contributed by atoms with Gasteiger partial charge in [0.15, 0.2) is 0 Å². The minimum atomic E-state index is -0.434. The summed E-state index contributed by atoms with van der Waals surface area (Å²) in [6, 6.07) is 5.93. The standard InChI is InChI=1S/C17H25N5O2/c1-12-2-3-16-14(10-12)15(11-24-16)13-4-7-22(8-5-13)9-6-19-21-17(23)20-18/h2-3,10-11,13,19H,4-9,18H2,1H3,(H2,20,21,23). The van der Waals surface area contributed by atoms with E-state index >= 15 is 0 Å². The zero-order valence-electron chi connectivity index (χ0n) is 14.0. The number of nitrogens with two attached hydrogens (primary N) is 1. The van der Waals surface area contributed by atoms with Crippen LogP contribution in [-0.2, 0) is 0 Å². The van der Waals surface area contributed by atoms with E-state index in [-0.39, 0.29) is 0 Å². The Morgan fingerprint density at radius 1 is 1.38 bits per heavy atom. The number of carbonyl (C=O) groups is 1. The van der Waals surface area contributed by atoms with Crippen LogP contribution >= 0.6 is 0 Å². The van der Waals surface area contributed by atoms with Gasteiger partial charge in [0.2, 0.25) is 0 Å². The largest absolute Gasteiger partial charge is 0.464 e. The number of nitrogens with one attached hydrogen (secondary N) is 3. The molecule has 1 aliphatic rings. The van der Waals surface area contributed by atoms with Gasteiger partial charge in [-0.05, 0) is 50.9 Å². The Morgan fingerprint density at radius 2 is 2.17 bits per heavy atom. The number of likely N-dealkylation sites (tertiary alicyclic amines) is 1. The van der Waals surface area contributed by atoms with E-state index in [1.807, 2.05) is 11.7 Å². The highest BCUT2D eigenvalue weighted by molar-refractivity contribution is 5.82. The van der Waals surface area contributed by atoms with Crippen LogP contribution in [0.4, 0.5) is 4.79 Å². The molecule has 0 unspecified atom stereocenters. The van der Waals surface area contributed by atoms with Crippen LogP contribution in [0.2, 0.25) is 0 Å². The monoisotopic (exact) mass is 331 g/mol. The average Bonchev–Trinajstić information content (AvgIpc) is 3.02. The molecule has 0 atom stereocenters. The number of nitrogens with zero attached hydrogens (tertiary/aromatic N) is 1. The number of benzene rings is 1. The quantitative estimate of drug-likeness (QED) is 0.289. The van der Waals surface area contributed by atoms with Crippen LogP contribution in [0.3, 0.4) is 0 Å². The van der Waals surface area contributed by atoms with E-state index in [1.54, 1.807) is 0 Å². The van der Waals surface area contributed by atoms with Crippen molar-refractivity contribution in [3.8, 4) is 0 Å². The van der Waals surface area contributed by atoms with E-state index in [0.29, 0.717) is 12.5 Å². The molecular formula is C17H25N5O2. The number of rotatable bonds is 5. The first-order valence-corrected chi connectivity index (χ1v) is 8.37. The Hall–Kier alpha value is -2.09. The molecule has 1 aromatic heterocycles. The first kappa shape index (κ1) is 16.8. The maximum atomic E-state index is 10.9. The second-order valence-electron chi connectivity index (χ2n) is 6.33. The smallest absolute Gasteiger partial charge is 0.343 e. The SMILES string of the molecule is Cc1ccc2occ(C3CCN(CCNNC(=O)NN)CC3)c2c1. The predicted molar refractivity (Wildman–Crippen MR) is 93.2 cm³/mol. The number of carbonyl (C=O) groups excluding carboxylic acids is 1. The summed E-state index contributed by atoms with van der Waals surface area (Å²) in [5.74, 6) is 5.54. The average molecular weight is 331 g/mol. The van der Waals surface area contributed by atoms with E-state index in [2.05, 4.69) is 40.9 Å². The van der Waals surface area contributed by atoms with Crippen LogP contribution in [0.25, 0.3) is 11.0 Å². The lowest BCUT2D eigenvalue weighted by atomic mass is 9.89. The molecule has 0 saturated carbocycles. The third-order valence-corrected chi connectivity index (χ3v) is 4.67. The van der Waals surface area contributed by atoms with E-state index in [9.17, 15) is 4.79 Å². The van der Waals surface area contributed by atoms with E-state index in [4.69, 9.17) is 10.3 Å². The van der Waals surface area contributed by atoms with Gasteiger partial charge in [-0.25, -0.2) is 16.1 Å². The number of furan rings is 1. The fourth-order valence-electron chi connectivity index (χ4n) is 3.34. The van der Waals surface area contributed by atoms with Crippen molar-refractivity contribution in [1.29, 1.82) is 0 Å². The summed E-state index contributed by atoms with van der Waals surface area (Å²) in [7, 11) is 0. The van der Waals surface area contributed by atoms with Gasteiger partial charge in [-0.2, -0.15) is 0 Å². The van der Waals surface area contributed by atoms with E-state index in [0.717, 1.165) is 38.1 Å². The predicted octanol–water partition coefficient (Wildman–Crippen LogP) is 1.60. The molecule has 0 spiro atoms. The van der Waals surface area contributed by atoms with E-state index in [1.165, 1.54) is 16.5 Å². The number of piperidine rings is 1. The zero-order valence-corrected chi connectivity index (χ0v) is 14.0. The highest BCUT2D eigenvalue weighted by Gasteiger charge is 2.23.